The number of hydrogen-bond donors (Lipinski definition) is 1. The minimum absolute atomic E-state index is 0.0220. The van der Waals surface area contributed by atoms with Gasteiger partial charge in [0, 0.05) is 18.4 Å². The van der Waals surface area contributed by atoms with Gasteiger partial charge < -0.3 is 14.8 Å². The van der Waals surface area contributed by atoms with E-state index < -0.39 is 0 Å². The summed E-state index contributed by atoms with van der Waals surface area (Å²) in [4.78, 5) is 24.4. The van der Waals surface area contributed by atoms with Crippen molar-refractivity contribution in [3.8, 4) is 0 Å². The molecule has 0 amide bonds. The summed E-state index contributed by atoms with van der Waals surface area (Å²) < 4.78 is 5.51. The highest BCUT2D eigenvalue weighted by molar-refractivity contribution is 5.69. The Morgan fingerprint density at radius 1 is 1.02 bits per heavy atom. The smallest absolute Gasteiger partial charge is 0.306 e. The van der Waals surface area contributed by atoms with Gasteiger partial charge in [0.05, 0.1) is 0 Å². The normalized spacial score (nSPS) is 33.7. The van der Waals surface area contributed by atoms with Crippen LogP contribution in [0.15, 0.2) is 42.5 Å². The number of benzene rings is 1. The lowest BCUT2D eigenvalue weighted by Gasteiger charge is -2.70. The van der Waals surface area contributed by atoms with Crippen molar-refractivity contribution in [2.45, 2.75) is 138 Å². The maximum Gasteiger partial charge on any atom is 0.306 e. The van der Waals surface area contributed by atoms with Gasteiger partial charge in [-0.25, -0.2) is 0 Å². The number of nitrogens with one attached hydrogen (secondary N) is 1. The maximum atomic E-state index is 12.3. The van der Waals surface area contributed by atoms with Crippen LogP contribution < -0.4 is 5.32 Å². The summed E-state index contributed by atoms with van der Waals surface area (Å²) in [5.41, 5.74) is 2.86. The molecular formula is C39H63NO3. The average molecular weight is 594 g/mol. The van der Waals surface area contributed by atoms with Crippen LogP contribution in [0.5, 0.6) is 0 Å². The summed E-state index contributed by atoms with van der Waals surface area (Å²) >= 11 is 0. The molecule has 0 radical (unpaired) electrons. The van der Waals surface area contributed by atoms with Gasteiger partial charge in [-0.3, -0.25) is 4.79 Å². The summed E-state index contributed by atoms with van der Waals surface area (Å²) in [6.45, 7) is 20.2. The molecule has 0 aromatic heterocycles. The number of unbranched alkanes of at least 4 members (excludes halogenated alkanes) is 1. The van der Waals surface area contributed by atoms with Crippen LogP contribution in [0.4, 0.5) is 0 Å². The van der Waals surface area contributed by atoms with Gasteiger partial charge in [-0.2, -0.15) is 0 Å². The predicted molar refractivity (Wildman–Crippen MR) is 180 cm³/mol. The molecule has 3 saturated carbocycles. The average Bonchev–Trinajstić information content (AvgIpc) is 2.95. The van der Waals surface area contributed by atoms with Crippen LogP contribution in [0.25, 0.3) is 0 Å². The third-order valence-electron chi connectivity index (χ3n) is 12.5. The van der Waals surface area contributed by atoms with E-state index in [2.05, 4.69) is 53.6 Å². The Morgan fingerprint density at radius 3 is 2.33 bits per heavy atom. The fraction of sp³-hybridized carbons (Fsp3) is 0.744. The topological polar surface area (TPSA) is 55.4 Å². The number of rotatable bonds is 11. The van der Waals surface area contributed by atoms with Gasteiger partial charge >= 0.3 is 5.97 Å². The molecule has 3 unspecified atom stereocenters. The third-order valence-corrected chi connectivity index (χ3v) is 12.5. The molecule has 0 spiro atoms. The number of allylic oxidation sites excluding steroid dienone is 1. The van der Waals surface area contributed by atoms with E-state index in [0.717, 1.165) is 30.2 Å². The Morgan fingerprint density at radius 2 is 1.70 bits per heavy atom. The highest BCUT2D eigenvalue weighted by Crippen LogP contribution is 2.72. The van der Waals surface area contributed by atoms with Gasteiger partial charge in [0.25, 0.3) is 0 Å². The first kappa shape index (κ1) is 35.5. The number of carbonyl (C=O) groups excluding carboxylic acids is 2. The Balaban J connectivity index is 0.00000119. The number of ether oxygens (including phenoxy) is 1. The second-order valence-corrected chi connectivity index (χ2v) is 15.8. The first-order valence-corrected chi connectivity index (χ1v) is 17.2. The quantitative estimate of drug-likeness (QED) is 0.120. The SMILES string of the molecule is C=C(C)C.CNC(C)(C)[C@@H]1CCC2(C)[C@H](CCC3[C@@H](CCCCC(=O)OCc4ccccc4)CCC[C@]32C)C1(C)CC=O. The van der Waals surface area contributed by atoms with Crippen LogP contribution >= 0.6 is 0 Å². The molecule has 1 aromatic rings. The molecule has 1 N–H and O–H groups in total. The second kappa shape index (κ2) is 14.9. The standard InChI is InChI=1S/C35H55NO3.C4H8/c1-32(2,36-6)29-20-22-35(5)30(33(29,3)23-24-37)19-18-28-27(16-12-21-34(28,35)4)15-10-11-17-31(38)39-25-26-13-8-7-9-14-26;1-4(2)3/h7-9,13-14,24,27-30,36H,10-12,15-23,25H2,1-6H3;1H2,2-3H3/t27-,28?,29-,30+,33?,34+,35?;/m0./s1. The molecule has 4 heteroatoms. The molecule has 0 bridgehead atoms. The molecule has 0 heterocycles. The van der Waals surface area contributed by atoms with Crippen molar-refractivity contribution in [1.82, 2.24) is 5.32 Å². The zero-order chi connectivity index (χ0) is 31.9. The third kappa shape index (κ3) is 7.84. The van der Waals surface area contributed by atoms with Gasteiger partial charge in [-0.05, 0) is 119 Å². The first-order valence-electron chi connectivity index (χ1n) is 17.2. The minimum Gasteiger partial charge on any atom is -0.461 e. The molecule has 0 saturated heterocycles. The molecular weight excluding hydrogens is 530 g/mol. The molecule has 0 aliphatic heterocycles. The Hall–Kier alpha value is -1.94. The molecule has 1 aromatic carbocycles. The molecule has 3 aliphatic carbocycles. The Labute approximate surface area is 264 Å². The van der Waals surface area contributed by atoms with Crippen LogP contribution in [-0.2, 0) is 20.9 Å². The monoisotopic (exact) mass is 593 g/mol. The zero-order valence-electron chi connectivity index (χ0n) is 28.9. The van der Waals surface area contributed by atoms with Gasteiger partial charge in [-0.1, -0.05) is 82.4 Å². The van der Waals surface area contributed by atoms with Crippen LogP contribution in [0.1, 0.15) is 131 Å². The first-order chi connectivity index (χ1) is 20.2. The molecule has 7 atom stereocenters. The zero-order valence-corrected chi connectivity index (χ0v) is 28.9. The number of esters is 1. The van der Waals surface area contributed by atoms with E-state index in [1.54, 1.807) is 0 Å². The lowest BCUT2D eigenvalue weighted by atomic mass is 9.35. The van der Waals surface area contributed by atoms with Gasteiger partial charge in [0.15, 0.2) is 0 Å². The van der Waals surface area contributed by atoms with Crippen LogP contribution in [0, 0.1) is 39.9 Å². The largest absolute Gasteiger partial charge is 0.461 e. The number of carbonyl (C=O) groups is 2. The fourth-order valence-corrected chi connectivity index (χ4v) is 10.2. The van der Waals surface area contributed by atoms with Crippen molar-refractivity contribution < 1.29 is 14.3 Å². The van der Waals surface area contributed by atoms with E-state index in [0.29, 0.717) is 36.7 Å². The summed E-state index contributed by atoms with van der Waals surface area (Å²) in [6, 6.07) is 9.93. The molecule has 4 nitrogen and oxygen atoms in total. The van der Waals surface area contributed by atoms with Crippen molar-refractivity contribution >= 4 is 12.3 Å². The van der Waals surface area contributed by atoms with Gasteiger partial charge in [-0.15, -0.1) is 6.58 Å². The van der Waals surface area contributed by atoms with E-state index in [4.69, 9.17) is 4.74 Å². The van der Waals surface area contributed by atoms with E-state index in [-0.39, 0.29) is 22.3 Å². The summed E-state index contributed by atoms with van der Waals surface area (Å²) in [5, 5.41) is 3.61. The lowest BCUT2D eigenvalue weighted by Crippen LogP contribution is -2.65. The molecule has 242 valence electrons. The summed E-state index contributed by atoms with van der Waals surface area (Å²) in [6.07, 6.45) is 14.7. The molecule has 43 heavy (non-hydrogen) atoms. The van der Waals surface area contributed by atoms with E-state index >= 15 is 0 Å². The lowest BCUT2D eigenvalue weighted by molar-refractivity contribution is -0.208. The highest BCUT2D eigenvalue weighted by Gasteiger charge is 2.65. The Kier molecular flexibility index (Phi) is 12.3. The highest BCUT2D eigenvalue weighted by atomic mass is 16.5. The second-order valence-electron chi connectivity index (χ2n) is 15.8. The van der Waals surface area contributed by atoms with E-state index in [9.17, 15) is 9.59 Å². The molecule has 4 rings (SSSR count). The van der Waals surface area contributed by atoms with E-state index in [1.807, 2.05) is 44.2 Å². The molecule has 3 fully saturated rings. The fourth-order valence-electron chi connectivity index (χ4n) is 10.2. The summed E-state index contributed by atoms with van der Waals surface area (Å²) in [5.74, 6) is 2.52. The van der Waals surface area contributed by atoms with Gasteiger partial charge in [0.2, 0.25) is 0 Å². The number of fused-ring (bicyclic) bond motifs is 3. The van der Waals surface area contributed by atoms with Crippen molar-refractivity contribution in [3.05, 3.63) is 48.0 Å². The molecule has 3 aliphatic rings. The van der Waals surface area contributed by atoms with Crippen LogP contribution in [-0.4, -0.2) is 24.8 Å². The number of hydrogen-bond acceptors (Lipinski definition) is 4. The van der Waals surface area contributed by atoms with Crippen molar-refractivity contribution in [2.24, 2.45) is 39.9 Å². The number of aldehydes is 1. The van der Waals surface area contributed by atoms with Crippen LogP contribution in [0.2, 0.25) is 0 Å². The van der Waals surface area contributed by atoms with Gasteiger partial charge in [0.1, 0.15) is 12.9 Å². The van der Waals surface area contributed by atoms with E-state index in [1.165, 1.54) is 63.2 Å². The summed E-state index contributed by atoms with van der Waals surface area (Å²) in [7, 11) is 2.09. The maximum absolute atomic E-state index is 12.3. The van der Waals surface area contributed by atoms with Crippen molar-refractivity contribution in [1.29, 1.82) is 0 Å². The minimum atomic E-state index is -0.0731. The Bertz CT molecular complexity index is 1060. The van der Waals surface area contributed by atoms with Crippen LogP contribution in [0.3, 0.4) is 0 Å². The van der Waals surface area contributed by atoms with Crippen molar-refractivity contribution in [3.63, 3.8) is 0 Å². The predicted octanol–water partition coefficient (Wildman–Crippen LogP) is 9.71. The van der Waals surface area contributed by atoms with Crippen molar-refractivity contribution in [2.75, 3.05) is 7.05 Å².